The van der Waals surface area contributed by atoms with Crippen LogP contribution in [0.4, 0.5) is 0 Å². The summed E-state index contributed by atoms with van der Waals surface area (Å²) in [6.45, 7) is 7.91. The van der Waals surface area contributed by atoms with Crippen LogP contribution in [-0.4, -0.2) is 23.8 Å². The third kappa shape index (κ3) is 6.40. The quantitative estimate of drug-likeness (QED) is 0.559. The topological polar surface area (TPSA) is 46.5 Å². The Morgan fingerprint density at radius 1 is 1.50 bits per heavy atom. The van der Waals surface area contributed by atoms with Crippen LogP contribution in [0.5, 0.6) is 0 Å². The van der Waals surface area contributed by atoms with E-state index in [9.17, 15) is 9.90 Å². The van der Waals surface area contributed by atoms with Crippen molar-refractivity contribution in [2.45, 2.75) is 40.2 Å². The smallest absolute Gasteiger partial charge is 0.308 e. The van der Waals surface area contributed by atoms with Gasteiger partial charge in [-0.15, -0.1) is 0 Å². The Bertz CT molecular complexity index is 266. The third-order valence-electron chi connectivity index (χ3n) is 2.21. The van der Waals surface area contributed by atoms with Gasteiger partial charge in [0.25, 0.3) is 0 Å². The molecule has 0 aromatic rings. The van der Waals surface area contributed by atoms with E-state index in [1.165, 1.54) is 0 Å². The van der Waals surface area contributed by atoms with Crippen LogP contribution in [0.3, 0.4) is 0 Å². The van der Waals surface area contributed by atoms with E-state index in [1.807, 2.05) is 39.0 Å². The van der Waals surface area contributed by atoms with Crippen molar-refractivity contribution in [3.05, 3.63) is 23.8 Å². The van der Waals surface area contributed by atoms with Crippen molar-refractivity contribution >= 4 is 5.97 Å². The number of rotatable bonds is 6. The van der Waals surface area contributed by atoms with Gasteiger partial charge >= 0.3 is 5.97 Å². The molecule has 0 aromatic heterocycles. The van der Waals surface area contributed by atoms with Gasteiger partial charge in [-0.2, -0.15) is 0 Å². The van der Waals surface area contributed by atoms with Crippen molar-refractivity contribution in [2.24, 2.45) is 5.92 Å². The lowest BCUT2D eigenvalue weighted by Crippen LogP contribution is -2.17. The van der Waals surface area contributed by atoms with Gasteiger partial charge in [0.15, 0.2) is 0 Å². The molecule has 3 nitrogen and oxygen atoms in total. The molecule has 0 aliphatic heterocycles. The number of esters is 1. The second kappa shape index (κ2) is 8.11. The number of ether oxygens (including phenoxy) is 1. The van der Waals surface area contributed by atoms with Gasteiger partial charge in [0, 0.05) is 0 Å². The molecule has 0 bridgehead atoms. The molecule has 92 valence electrons. The molecule has 2 atom stereocenters. The Kier molecular flexibility index (Phi) is 7.56. The number of carbonyl (C=O) groups is 1. The zero-order valence-corrected chi connectivity index (χ0v) is 10.6. The molecule has 0 amide bonds. The second-order valence-electron chi connectivity index (χ2n) is 3.82. The zero-order valence-electron chi connectivity index (χ0n) is 10.6. The summed E-state index contributed by atoms with van der Waals surface area (Å²) in [7, 11) is 0. The summed E-state index contributed by atoms with van der Waals surface area (Å²) in [4.78, 5) is 11.1. The molecule has 0 aromatic carbocycles. The van der Waals surface area contributed by atoms with Crippen LogP contribution >= 0.6 is 0 Å². The predicted octanol–water partition coefficient (Wildman–Crippen LogP) is 2.46. The fourth-order valence-electron chi connectivity index (χ4n) is 1.42. The molecule has 0 aliphatic carbocycles. The normalized spacial score (nSPS) is 16.2. The Morgan fingerprint density at radius 2 is 2.12 bits per heavy atom. The molecule has 0 aliphatic rings. The molecule has 0 saturated heterocycles. The van der Waals surface area contributed by atoms with Gasteiger partial charge in [-0.05, 0) is 32.3 Å². The Morgan fingerprint density at radius 3 is 2.62 bits per heavy atom. The van der Waals surface area contributed by atoms with Crippen LogP contribution in [0.15, 0.2) is 23.8 Å². The highest BCUT2D eigenvalue weighted by molar-refractivity contribution is 5.70. The molecule has 3 heteroatoms. The first-order valence-electron chi connectivity index (χ1n) is 5.66. The number of carbonyl (C=O) groups excluding carboxylic acids is 1. The van der Waals surface area contributed by atoms with Crippen molar-refractivity contribution in [2.75, 3.05) is 6.61 Å². The molecular formula is C13H22O3. The molecule has 0 spiro atoms. The number of allylic oxidation sites excluding steroid dienone is 3. The van der Waals surface area contributed by atoms with Crippen LogP contribution in [0.2, 0.25) is 0 Å². The number of aliphatic hydroxyl groups is 1. The Balaban J connectivity index is 4.26. The maximum atomic E-state index is 11.1. The molecule has 0 saturated carbocycles. The van der Waals surface area contributed by atoms with Gasteiger partial charge in [0.2, 0.25) is 0 Å². The van der Waals surface area contributed by atoms with Crippen molar-refractivity contribution < 1.29 is 14.6 Å². The van der Waals surface area contributed by atoms with Crippen molar-refractivity contribution in [1.82, 2.24) is 0 Å². The van der Waals surface area contributed by atoms with E-state index in [-0.39, 0.29) is 18.3 Å². The van der Waals surface area contributed by atoms with Gasteiger partial charge in [0.1, 0.15) is 0 Å². The van der Waals surface area contributed by atoms with Gasteiger partial charge in [-0.1, -0.05) is 25.2 Å². The number of aliphatic hydroxyl groups excluding tert-OH is 1. The number of hydrogen-bond donors (Lipinski definition) is 1. The lowest BCUT2D eigenvalue weighted by Gasteiger charge is -2.11. The Labute approximate surface area is 97.8 Å². The van der Waals surface area contributed by atoms with Crippen LogP contribution < -0.4 is 0 Å². The summed E-state index contributed by atoms with van der Waals surface area (Å²) in [5, 5.41) is 9.74. The summed E-state index contributed by atoms with van der Waals surface area (Å²) >= 11 is 0. The fourth-order valence-corrected chi connectivity index (χ4v) is 1.42. The summed E-state index contributed by atoms with van der Waals surface area (Å²) in [5.74, 6) is -0.0942. The van der Waals surface area contributed by atoms with E-state index in [4.69, 9.17) is 4.74 Å². The van der Waals surface area contributed by atoms with Gasteiger partial charge in [-0.25, -0.2) is 0 Å². The van der Waals surface area contributed by atoms with E-state index in [0.717, 1.165) is 5.57 Å². The van der Waals surface area contributed by atoms with Crippen LogP contribution in [-0.2, 0) is 9.53 Å². The van der Waals surface area contributed by atoms with E-state index >= 15 is 0 Å². The molecule has 16 heavy (non-hydrogen) atoms. The minimum atomic E-state index is -0.744. The van der Waals surface area contributed by atoms with Crippen LogP contribution in [0.25, 0.3) is 0 Å². The first kappa shape index (κ1) is 14.9. The highest BCUT2D eigenvalue weighted by Crippen LogP contribution is 2.11. The fraction of sp³-hybridized carbons (Fsp3) is 0.615. The molecule has 0 heterocycles. The summed E-state index contributed by atoms with van der Waals surface area (Å²) < 4.78 is 4.78. The van der Waals surface area contributed by atoms with E-state index < -0.39 is 6.10 Å². The average molecular weight is 226 g/mol. The molecule has 1 N–H and O–H groups in total. The molecule has 0 fully saturated rings. The van der Waals surface area contributed by atoms with Crippen molar-refractivity contribution in [1.29, 1.82) is 0 Å². The van der Waals surface area contributed by atoms with E-state index in [2.05, 4.69) is 0 Å². The largest absolute Gasteiger partial charge is 0.466 e. The van der Waals surface area contributed by atoms with Gasteiger partial charge < -0.3 is 9.84 Å². The first-order chi connectivity index (χ1) is 7.51. The third-order valence-corrected chi connectivity index (χ3v) is 2.21. The maximum absolute atomic E-state index is 11.1. The van der Waals surface area contributed by atoms with Gasteiger partial charge in [0.05, 0.1) is 19.1 Å². The van der Waals surface area contributed by atoms with E-state index in [1.54, 1.807) is 6.92 Å². The average Bonchev–Trinajstić information content (AvgIpc) is 2.17. The summed E-state index contributed by atoms with van der Waals surface area (Å²) in [6, 6.07) is 0. The van der Waals surface area contributed by atoms with E-state index in [0.29, 0.717) is 6.61 Å². The molecule has 0 radical (unpaired) electrons. The lowest BCUT2D eigenvalue weighted by molar-refractivity contribution is -0.144. The highest BCUT2D eigenvalue weighted by atomic mass is 16.5. The predicted molar refractivity (Wildman–Crippen MR) is 65.0 cm³/mol. The monoisotopic (exact) mass is 226 g/mol. The SMILES string of the molecule is C/C=C\[C@H](C)/C=C(\C)C(O)CC(=O)OCC. The minimum absolute atomic E-state index is 0.0265. The highest BCUT2D eigenvalue weighted by Gasteiger charge is 2.13. The van der Waals surface area contributed by atoms with Crippen LogP contribution in [0, 0.1) is 5.92 Å². The summed E-state index contributed by atoms with van der Waals surface area (Å²) in [6.07, 6.45) is 5.22. The van der Waals surface area contributed by atoms with Crippen molar-refractivity contribution in [3.63, 3.8) is 0 Å². The van der Waals surface area contributed by atoms with Crippen LogP contribution in [0.1, 0.15) is 34.1 Å². The standard InChI is InChI=1S/C13H22O3/c1-5-7-10(3)8-11(4)12(14)9-13(15)16-6-2/h5,7-8,10,12,14H,6,9H2,1-4H3/b7-5-,11-8+/t10-,12?/m0/s1. The second-order valence-corrected chi connectivity index (χ2v) is 3.82. The lowest BCUT2D eigenvalue weighted by atomic mass is 10.0. The molecular weight excluding hydrogens is 204 g/mol. The zero-order chi connectivity index (χ0) is 12.6. The first-order valence-corrected chi connectivity index (χ1v) is 5.66. The minimum Gasteiger partial charge on any atom is -0.466 e. The summed E-state index contributed by atoms with van der Waals surface area (Å²) in [5.41, 5.74) is 0.804. The maximum Gasteiger partial charge on any atom is 0.308 e. The molecule has 0 rings (SSSR count). The van der Waals surface area contributed by atoms with Crippen molar-refractivity contribution in [3.8, 4) is 0 Å². The Hall–Kier alpha value is -1.09. The van der Waals surface area contributed by atoms with Gasteiger partial charge in [-0.3, -0.25) is 4.79 Å². The molecule has 1 unspecified atom stereocenters. The number of hydrogen-bond acceptors (Lipinski definition) is 3.